The topological polar surface area (TPSA) is 61.5 Å². The van der Waals surface area contributed by atoms with E-state index in [0.717, 1.165) is 57.0 Å². The van der Waals surface area contributed by atoms with Crippen LogP contribution in [0.25, 0.3) is 0 Å². The molecule has 1 amide bonds. The summed E-state index contributed by atoms with van der Waals surface area (Å²) in [5.41, 5.74) is 2.68. The van der Waals surface area contributed by atoms with E-state index in [-0.39, 0.29) is 5.91 Å². The Morgan fingerprint density at radius 2 is 2.03 bits per heavy atom. The van der Waals surface area contributed by atoms with Gasteiger partial charge in [0.05, 0.1) is 7.11 Å². The summed E-state index contributed by atoms with van der Waals surface area (Å²) in [6.45, 7) is 10.8. The number of aryl methyl sites for hydroxylation is 1. The normalized spacial score (nSPS) is 15.6. The number of aromatic nitrogens is 2. The Labute approximate surface area is 174 Å². The number of aromatic amines is 1. The molecule has 1 aliphatic heterocycles. The van der Waals surface area contributed by atoms with Crippen LogP contribution in [0.4, 0.5) is 0 Å². The molecule has 0 bridgehead atoms. The van der Waals surface area contributed by atoms with Crippen LogP contribution in [0.5, 0.6) is 5.75 Å². The van der Waals surface area contributed by atoms with Crippen LogP contribution in [-0.4, -0.2) is 59.2 Å². The molecule has 29 heavy (non-hydrogen) atoms. The fraction of sp³-hybridized carbons (Fsp3) is 0.565. The van der Waals surface area contributed by atoms with Crippen LogP contribution in [0.2, 0.25) is 0 Å². The van der Waals surface area contributed by atoms with Crippen molar-refractivity contribution in [2.45, 2.75) is 40.2 Å². The molecule has 0 radical (unpaired) electrons. The van der Waals surface area contributed by atoms with Crippen molar-refractivity contribution in [2.24, 2.45) is 11.8 Å². The lowest BCUT2D eigenvalue weighted by Crippen LogP contribution is -2.42. The number of rotatable bonds is 8. The first-order chi connectivity index (χ1) is 14.0. The number of methoxy groups -OCH3 is 1. The minimum atomic E-state index is 0.0412. The molecule has 0 spiro atoms. The van der Waals surface area contributed by atoms with Crippen LogP contribution in [0.1, 0.15) is 48.4 Å². The van der Waals surface area contributed by atoms with Gasteiger partial charge in [0, 0.05) is 30.9 Å². The lowest BCUT2D eigenvalue weighted by molar-refractivity contribution is 0.0657. The van der Waals surface area contributed by atoms with Crippen LogP contribution < -0.4 is 4.74 Å². The Morgan fingerprint density at radius 1 is 1.31 bits per heavy atom. The largest absolute Gasteiger partial charge is 0.496 e. The lowest BCUT2D eigenvalue weighted by Gasteiger charge is -2.35. The fourth-order valence-corrected chi connectivity index (χ4v) is 4.08. The number of nitrogens with zero attached hydrogens (tertiary/aromatic N) is 3. The molecule has 0 unspecified atom stereocenters. The van der Waals surface area contributed by atoms with Crippen LogP contribution in [-0.2, 0) is 6.54 Å². The highest BCUT2D eigenvalue weighted by molar-refractivity contribution is 5.92. The number of carbonyl (C=O) groups excluding carboxylic acids is 1. The predicted molar refractivity (Wildman–Crippen MR) is 115 cm³/mol. The molecular weight excluding hydrogens is 364 g/mol. The lowest BCUT2D eigenvalue weighted by atomic mass is 9.95. The third kappa shape index (κ3) is 5.82. The summed E-state index contributed by atoms with van der Waals surface area (Å²) in [5, 5.41) is 7.06. The molecule has 1 aliphatic rings. The molecule has 0 atom stereocenters. The highest BCUT2D eigenvalue weighted by atomic mass is 16.5. The zero-order valence-electron chi connectivity index (χ0n) is 18.1. The minimum Gasteiger partial charge on any atom is -0.496 e. The summed E-state index contributed by atoms with van der Waals surface area (Å²) >= 11 is 0. The average Bonchev–Trinajstić information content (AvgIpc) is 3.15. The summed E-state index contributed by atoms with van der Waals surface area (Å²) in [5.74, 6) is 1.97. The number of piperidine rings is 1. The smallest absolute Gasteiger partial charge is 0.274 e. The standard InChI is InChI=1S/C23H34N4O2/c1-17(2)14-27(23(28)21-13-18(3)24-25-21)15-19-9-11-26(12-10-19)16-20-7-5-6-8-22(20)29-4/h5-8,13,17,19H,9-12,14-16H2,1-4H3,(H,24,25). The van der Waals surface area contributed by atoms with E-state index in [1.165, 1.54) is 5.56 Å². The maximum absolute atomic E-state index is 13.0. The predicted octanol–water partition coefficient (Wildman–Crippen LogP) is 3.74. The summed E-state index contributed by atoms with van der Waals surface area (Å²) in [6.07, 6.45) is 2.22. The van der Waals surface area contributed by atoms with Gasteiger partial charge in [-0.15, -0.1) is 0 Å². The summed E-state index contributed by atoms with van der Waals surface area (Å²) in [6, 6.07) is 10.1. The molecule has 0 saturated carbocycles. The van der Waals surface area contributed by atoms with E-state index in [1.54, 1.807) is 7.11 Å². The van der Waals surface area contributed by atoms with E-state index in [4.69, 9.17) is 4.74 Å². The quantitative estimate of drug-likeness (QED) is 0.736. The van der Waals surface area contributed by atoms with Gasteiger partial charge in [0.25, 0.3) is 5.91 Å². The molecular formula is C23H34N4O2. The van der Waals surface area contributed by atoms with Gasteiger partial charge in [-0.05, 0) is 56.8 Å². The molecule has 6 nitrogen and oxygen atoms in total. The molecule has 1 saturated heterocycles. The molecule has 1 aromatic carbocycles. The zero-order chi connectivity index (χ0) is 20.8. The number of hydrogen-bond donors (Lipinski definition) is 1. The Morgan fingerprint density at radius 3 is 2.66 bits per heavy atom. The Kier molecular flexibility index (Phi) is 7.31. The van der Waals surface area contributed by atoms with Gasteiger partial charge >= 0.3 is 0 Å². The van der Waals surface area contributed by atoms with E-state index in [0.29, 0.717) is 17.5 Å². The van der Waals surface area contributed by atoms with Crippen molar-refractivity contribution in [3.05, 3.63) is 47.3 Å². The van der Waals surface area contributed by atoms with Crippen LogP contribution in [0.3, 0.4) is 0 Å². The van der Waals surface area contributed by atoms with Crippen LogP contribution in [0.15, 0.2) is 30.3 Å². The Bertz CT molecular complexity index is 794. The number of amides is 1. The van der Waals surface area contributed by atoms with Crippen LogP contribution in [0, 0.1) is 18.8 Å². The number of nitrogens with one attached hydrogen (secondary N) is 1. The second kappa shape index (κ2) is 9.92. The highest BCUT2D eigenvalue weighted by Crippen LogP contribution is 2.24. The number of likely N-dealkylation sites (tertiary alicyclic amines) is 1. The number of H-pyrrole nitrogens is 1. The first-order valence-corrected chi connectivity index (χ1v) is 10.6. The number of para-hydroxylation sites is 1. The van der Waals surface area contributed by atoms with E-state index in [9.17, 15) is 4.79 Å². The monoisotopic (exact) mass is 398 g/mol. The maximum atomic E-state index is 13.0. The third-order valence-electron chi connectivity index (χ3n) is 5.57. The molecule has 3 rings (SSSR count). The second-order valence-corrected chi connectivity index (χ2v) is 8.57. The SMILES string of the molecule is COc1ccccc1CN1CCC(CN(CC(C)C)C(=O)c2cc(C)[nH]n2)CC1. The molecule has 6 heteroatoms. The molecule has 2 heterocycles. The minimum absolute atomic E-state index is 0.0412. The van der Waals surface area contributed by atoms with Gasteiger partial charge in [0.15, 0.2) is 0 Å². The number of benzene rings is 1. The van der Waals surface area contributed by atoms with Gasteiger partial charge in [-0.1, -0.05) is 32.0 Å². The van der Waals surface area contributed by atoms with Gasteiger partial charge in [0.2, 0.25) is 0 Å². The zero-order valence-corrected chi connectivity index (χ0v) is 18.1. The highest BCUT2D eigenvalue weighted by Gasteiger charge is 2.26. The van der Waals surface area contributed by atoms with E-state index < -0.39 is 0 Å². The van der Waals surface area contributed by atoms with Crippen LogP contribution >= 0.6 is 0 Å². The fourth-order valence-electron chi connectivity index (χ4n) is 4.08. The van der Waals surface area contributed by atoms with Crippen molar-refractivity contribution in [1.29, 1.82) is 0 Å². The van der Waals surface area contributed by atoms with Crippen molar-refractivity contribution >= 4 is 5.91 Å². The first kappa shape index (κ1) is 21.4. The molecule has 1 fully saturated rings. The van der Waals surface area contributed by atoms with Gasteiger partial charge in [-0.3, -0.25) is 14.8 Å². The van der Waals surface area contributed by atoms with Gasteiger partial charge in [-0.2, -0.15) is 5.10 Å². The third-order valence-corrected chi connectivity index (χ3v) is 5.57. The summed E-state index contributed by atoms with van der Waals surface area (Å²) < 4.78 is 5.49. The van der Waals surface area contributed by atoms with Crippen molar-refractivity contribution in [3.63, 3.8) is 0 Å². The second-order valence-electron chi connectivity index (χ2n) is 8.57. The molecule has 0 aliphatic carbocycles. The average molecular weight is 399 g/mol. The summed E-state index contributed by atoms with van der Waals surface area (Å²) in [7, 11) is 1.73. The first-order valence-electron chi connectivity index (χ1n) is 10.6. The maximum Gasteiger partial charge on any atom is 0.274 e. The van der Waals surface area contributed by atoms with Crippen molar-refractivity contribution in [2.75, 3.05) is 33.3 Å². The molecule has 2 aromatic rings. The Hall–Kier alpha value is -2.34. The van der Waals surface area contributed by atoms with E-state index in [1.807, 2.05) is 30.0 Å². The van der Waals surface area contributed by atoms with Crippen molar-refractivity contribution in [3.8, 4) is 5.75 Å². The molecule has 158 valence electrons. The molecule has 1 aromatic heterocycles. The Balaban J connectivity index is 1.56. The summed E-state index contributed by atoms with van der Waals surface area (Å²) in [4.78, 5) is 17.4. The molecule has 1 N–H and O–H groups in total. The van der Waals surface area contributed by atoms with Gasteiger partial charge in [-0.25, -0.2) is 0 Å². The van der Waals surface area contributed by atoms with Gasteiger partial charge in [0.1, 0.15) is 11.4 Å². The number of ether oxygens (including phenoxy) is 1. The van der Waals surface area contributed by atoms with E-state index in [2.05, 4.69) is 41.1 Å². The number of hydrogen-bond acceptors (Lipinski definition) is 4. The number of carbonyl (C=O) groups is 1. The van der Waals surface area contributed by atoms with E-state index >= 15 is 0 Å². The van der Waals surface area contributed by atoms with Crippen molar-refractivity contribution in [1.82, 2.24) is 20.0 Å². The van der Waals surface area contributed by atoms with Gasteiger partial charge < -0.3 is 9.64 Å². The van der Waals surface area contributed by atoms with Crippen molar-refractivity contribution < 1.29 is 9.53 Å².